The maximum atomic E-state index is 12.6. The molecule has 1 N–H and O–H groups in total. The Balaban J connectivity index is 0.00000324. The molecule has 0 radical (unpaired) electrons. The van der Waals surface area contributed by atoms with E-state index in [-0.39, 0.29) is 17.8 Å². The van der Waals surface area contributed by atoms with Gasteiger partial charge in [0.25, 0.3) is 0 Å². The molecule has 0 spiro atoms. The predicted octanol–water partition coefficient (Wildman–Crippen LogP) is 2.94. The molecule has 1 aliphatic rings. The van der Waals surface area contributed by atoms with Crippen LogP contribution >= 0.6 is 12.4 Å². The summed E-state index contributed by atoms with van der Waals surface area (Å²) in [7, 11) is 1.99. The first-order chi connectivity index (χ1) is 8.36. The van der Waals surface area contributed by atoms with E-state index in [0.29, 0.717) is 17.7 Å². The molecule has 114 valence electrons. The lowest BCUT2D eigenvalue weighted by molar-refractivity contribution is -0.143. The summed E-state index contributed by atoms with van der Waals surface area (Å²) in [6, 6.07) is 0. The zero-order valence-corrected chi connectivity index (χ0v) is 14.0. The van der Waals surface area contributed by atoms with Crippen molar-refractivity contribution in [2.75, 3.05) is 26.7 Å². The van der Waals surface area contributed by atoms with Gasteiger partial charge >= 0.3 is 0 Å². The van der Waals surface area contributed by atoms with Gasteiger partial charge in [0.1, 0.15) is 0 Å². The molecular weight excluding hydrogens is 260 g/mol. The number of nitrogens with zero attached hydrogens (tertiary/aromatic N) is 1. The Morgan fingerprint density at radius 3 is 2.58 bits per heavy atom. The van der Waals surface area contributed by atoms with Crippen molar-refractivity contribution in [3.05, 3.63) is 0 Å². The van der Waals surface area contributed by atoms with Crippen LogP contribution in [0, 0.1) is 17.3 Å². The molecule has 1 amide bonds. The van der Waals surface area contributed by atoms with Crippen molar-refractivity contribution >= 4 is 18.3 Å². The second-order valence-electron chi connectivity index (χ2n) is 6.80. The number of nitrogens with one attached hydrogen (secondary N) is 1. The fraction of sp³-hybridized carbons (Fsp3) is 0.933. The molecule has 3 nitrogen and oxygen atoms in total. The third-order valence-electron chi connectivity index (χ3n) is 3.80. The Bertz CT molecular complexity index is 277. The molecule has 0 aromatic heterocycles. The first kappa shape index (κ1) is 18.7. The molecule has 19 heavy (non-hydrogen) atoms. The average molecular weight is 291 g/mol. The van der Waals surface area contributed by atoms with Crippen molar-refractivity contribution in [2.45, 2.75) is 47.0 Å². The number of halogens is 1. The van der Waals surface area contributed by atoms with Crippen LogP contribution in [0.1, 0.15) is 47.0 Å². The highest BCUT2D eigenvalue weighted by Crippen LogP contribution is 2.29. The summed E-state index contributed by atoms with van der Waals surface area (Å²) in [5.74, 6) is 1.54. The van der Waals surface area contributed by atoms with Gasteiger partial charge in [-0.25, -0.2) is 0 Å². The van der Waals surface area contributed by atoms with E-state index in [9.17, 15) is 4.79 Å². The third-order valence-corrected chi connectivity index (χ3v) is 3.80. The predicted molar refractivity (Wildman–Crippen MR) is 83.7 cm³/mol. The highest BCUT2D eigenvalue weighted by atomic mass is 35.5. The van der Waals surface area contributed by atoms with Gasteiger partial charge < -0.3 is 10.2 Å². The Morgan fingerprint density at radius 1 is 1.42 bits per heavy atom. The number of carbonyl (C=O) groups is 1. The van der Waals surface area contributed by atoms with E-state index in [4.69, 9.17) is 0 Å². The zero-order chi connectivity index (χ0) is 13.8. The van der Waals surface area contributed by atoms with Crippen LogP contribution in [-0.2, 0) is 4.79 Å². The number of hydrogen-bond acceptors (Lipinski definition) is 2. The number of piperidine rings is 1. The molecule has 0 aromatic carbocycles. The van der Waals surface area contributed by atoms with Gasteiger partial charge in [-0.15, -0.1) is 12.4 Å². The van der Waals surface area contributed by atoms with Gasteiger partial charge in [0.2, 0.25) is 5.91 Å². The van der Waals surface area contributed by atoms with E-state index >= 15 is 0 Å². The van der Waals surface area contributed by atoms with Crippen LogP contribution in [0.4, 0.5) is 0 Å². The molecule has 1 fully saturated rings. The molecule has 0 bridgehead atoms. The van der Waals surface area contributed by atoms with Gasteiger partial charge in [-0.05, 0) is 44.7 Å². The van der Waals surface area contributed by atoms with E-state index in [1.807, 2.05) is 7.05 Å². The van der Waals surface area contributed by atoms with Crippen LogP contribution < -0.4 is 5.32 Å². The molecule has 1 saturated heterocycles. The van der Waals surface area contributed by atoms with Crippen LogP contribution in [0.2, 0.25) is 0 Å². The van der Waals surface area contributed by atoms with Gasteiger partial charge in [0, 0.05) is 18.5 Å². The highest BCUT2D eigenvalue weighted by Gasteiger charge is 2.34. The van der Waals surface area contributed by atoms with Crippen LogP contribution in [0.15, 0.2) is 0 Å². The second kappa shape index (κ2) is 8.11. The smallest absolute Gasteiger partial charge is 0.228 e. The lowest BCUT2D eigenvalue weighted by Crippen LogP contribution is -2.47. The van der Waals surface area contributed by atoms with Gasteiger partial charge in [-0.2, -0.15) is 0 Å². The Morgan fingerprint density at radius 2 is 2.05 bits per heavy atom. The summed E-state index contributed by atoms with van der Waals surface area (Å²) in [6.07, 6.45) is 3.37. The van der Waals surface area contributed by atoms with Crippen LogP contribution in [0.3, 0.4) is 0 Å². The van der Waals surface area contributed by atoms with Crippen molar-refractivity contribution in [2.24, 2.45) is 17.3 Å². The molecule has 0 saturated carbocycles. The molecule has 1 unspecified atom stereocenters. The van der Waals surface area contributed by atoms with E-state index in [0.717, 1.165) is 32.5 Å². The summed E-state index contributed by atoms with van der Waals surface area (Å²) in [6.45, 7) is 11.5. The minimum atomic E-state index is -0.213. The number of hydrogen-bond donors (Lipinski definition) is 1. The summed E-state index contributed by atoms with van der Waals surface area (Å²) in [5, 5.41) is 3.23. The summed E-state index contributed by atoms with van der Waals surface area (Å²) < 4.78 is 0. The molecule has 1 atom stereocenters. The lowest BCUT2D eigenvalue weighted by atomic mass is 9.82. The van der Waals surface area contributed by atoms with Crippen LogP contribution in [0.25, 0.3) is 0 Å². The number of amides is 1. The van der Waals surface area contributed by atoms with E-state index in [1.54, 1.807) is 0 Å². The third kappa shape index (κ3) is 5.70. The summed E-state index contributed by atoms with van der Waals surface area (Å²) >= 11 is 0. The van der Waals surface area contributed by atoms with Gasteiger partial charge in [-0.3, -0.25) is 4.79 Å². The zero-order valence-electron chi connectivity index (χ0n) is 13.2. The SMILES string of the molecule is CNCC1CCCN(C(=O)C(C)(C)CC(C)C)C1.Cl. The summed E-state index contributed by atoms with van der Waals surface area (Å²) in [5.41, 5.74) is -0.213. The summed E-state index contributed by atoms with van der Waals surface area (Å²) in [4.78, 5) is 14.7. The normalized spacial score (nSPS) is 20.3. The lowest BCUT2D eigenvalue weighted by Gasteiger charge is -2.38. The van der Waals surface area contributed by atoms with Gasteiger partial charge in [0.05, 0.1) is 0 Å². The molecule has 1 rings (SSSR count). The number of likely N-dealkylation sites (tertiary alicyclic amines) is 1. The van der Waals surface area contributed by atoms with Gasteiger partial charge in [-0.1, -0.05) is 27.7 Å². The average Bonchev–Trinajstić information content (AvgIpc) is 2.27. The van der Waals surface area contributed by atoms with Gasteiger partial charge in [0.15, 0.2) is 0 Å². The first-order valence-corrected chi connectivity index (χ1v) is 7.30. The fourth-order valence-corrected chi connectivity index (χ4v) is 3.24. The van der Waals surface area contributed by atoms with Crippen molar-refractivity contribution in [3.8, 4) is 0 Å². The standard InChI is InChI=1S/C15H30N2O.ClH/c1-12(2)9-15(3,4)14(18)17-8-6-7-13(11-17)10-16-5;/h12-13,16H,6-11H2,1-5H3;1H. The minimum absolute atomic E-state index is 0. The second-order valence-corrected chi connectivity index (χ2v) is 6.80. The maximum absolute atomic E-state index is 12.6. The van der Waals surface area contributed by atoms with Crippen molar-refractivity contribution in [1.82, 2.24) is 10.2 Å². The Kier molecular flexibility index (Phi) is 7.99. The largest absolute Gasteiger partial charge is 0.342 e. The van der Waals surface area contributed by atoms with E-state index in [1.165, 1.54) is 6.42 Å². The molecule has 1 aliphatic heterocycles. The Hall–Kier alpha value is -0.280. The van der Waals surface area contributed by atoms with E-state index in [2.05, 4.69) is 37.9 Å². The van der Waals surface area contributed by atoms with E-state index < -0.39 is 0 Å². The highest BCUT2D eigenvalue weighted by molar-refractivity contribution is 5.85. The fourth-order valence-electron chi connectivity index (χ4n) is 3.24. The first-order valence-electron chi connectivity index (χ1n) is 7.30. The van der Waals surface area contributed by atoms with Crippen LogP contribution in [-0.4, -0.2) is 37.5 Å². The molecule has 1 heterocycles. The molecule has 4 heteroatoms. The monoisotopic (exact) mass is 290 g/mol. The molecule has 0 aliphatic carbocycles. The van der Waals surface area contributed by atoms with Crippen molar-refractivity contribution in [3.63, 3.8) is 0 Å². The molecule has 0 aromatic rings. The van der Waals surface area contributed by atoms with Crippen LogP contribution in [0.5, 0.6) is 0 Å². The Labute approximate surface area is 124 Å². The minimum Gasteiger partial charge on any atom is -0.342 e. The van der Waals surface area contributed by atoms with Crippen molar-refractivity contribution in [1.29, 1.82) is 0 Å². The maximum Gasteiger partial charge on any atom is 0.228 e. The molecular formula is C15H31ClN2O. The number of rotatable bonds is 5. The van der Waals surface area contributed by atoms with Crippen molar-refractivity contribution < 1.29 is 4.79 Å². The quantitative estimate of drug-likeness (QED) is 0.844. The topological polar surface area (TPSA) is 32.3 Å². The number of carbonyl (C=O) groups excluding carboxylic acids is 1.